The summed E-state index contributed by atoms with van der Waals surface area (Å²) in [4.78, 5) is 22.9. The maximum absolute atomic E-state index is 12.6. The van der Waals surface area contributed by atoms with Gasteiger partial charge in [0.05, 0.1) is 18.9 Å². The summed E-state index contributed by atoms with van der Waals surface area (Å²) in [6.45, 7) is 5.18. The van der Waals surface area contributed by atoms with E-state index in [9.17, 15) is 4.79 Å². The second-order valence-corrected chi connectivity index (χ2v) is 9.55. The van der Waals surface area contributed by atoms with E-state index in [1.807, 2.05) is 35.2 Å². The minimum atomic E-state index is 0.225. The van der Waals surface area contributed by atoms with E-state index >= 15 is 0 Å². The first-order valence-corrected chi connectivity index (χ1v) is 12.1. The molecule has 1 aliphatic rings. The summed E-state index contributed by atoms with van der Waals surface area (Å²) >= 11 is 3.41. The quantitative estimate of drug-likeness (QED) is 0.489. The van der Waals surface area contributed by atoms with Crippen molar-refractivity contribution in [1.29, 1.82) is 0 Å². The second-order valence-electron chi connectivity index (χ2n) is 7.40. The van der Waals surface area contributed by atoms with Gasteiger partial charge < -0.3 is 19.3 Å². The van der Waals surface area contributed by atoms with E-state index < -0.39 is 0 Å². The molecule has 8 heteroatoms. The van der Waals surface area contributed by atoms with Crippen LogP contribution >= 0.6 is 23.1 Å². The largest absolute Gasteiger partial charge is 0.497 e. The van der Waals surface area contributed by atoms with Gasteiger partial charge in [-0.25, -0.2) is 4.98 Å². The zero-order chi connectivity index (χ0) is 21.8. The SMILES string of the molecule is COc1ccc(SCCC(=O)N2CCN(c3nc4c(OC)ccc(C)c4s3)CC2)cc1. The van der Waals surface area contributed by atoms with Gasteiger partial charge in [-0.15, -0.1) is 11.8 Å². The van der Waals surface area contributed by atoms with Crippen LogP contribution in [0.4, 0.5) is 5.13 Å². The highest BCUT2D eigenvalue weighted by molar-refractivity contribution is 7.99. The molecule has 0 N–H and O–H groups in total. The van der Waals surface area contributed by atoms with Gasteiger partial charge in [-0.2, -0.15) is 0 Å². The number of thiazole rings is 1. The van der Waals surface area contributed by atoms with Crippen molar-refractivity contribution in [2.45, 2.75) is 18.2 Å². The Hall–Kier alpha value is -2.45. The molecule has 1 aliphatic heterocycles. The predicted octanol–water partition coefficient (Wildman–Crippen LogP) is 4.45. The number of methoxy groups -OCH3 is 2. The third-order valence-electron chi connectivity index (χ3n) is 5.46. The maximum atomic E-state index is 12.6. The van der Waals surface area contributed by atoms with Crippen molar-refractivity contribution in [3.05, 3.63) is 42.0 Å². The van der Waals surface area contributed by atoms with Crippen molar-refractivity contribution in [2.75, 3.05) is 51.1 Å². The van der Waals surface area contributed by atoms with Crippen molar-refractivity contribution in [3.8, 4) is 11.5 Å². The lowest BCUT2D eigenvalue weighted by Gasteiger charge is -2.34. The predicted molar refractivity (Wildman–Crippen MR) is 128 cm³/mol. The average Bonchev–Trinajstić information content (AvgIpc) is 3.26. The number of hydrogen-bond acceptors (Lipinski definition) is 7. The van der Waals surface area contributed by atoms with Crippen molar-refractivity contribution in [1.82, 2.24) is 9.88 Å². The molecular formula is C23H27N3O3S2. The van der Waals surface area contributed by atoms with Crippen molar-refractivity contribution < 1.29 is 14.3 Å². The highest BCUT2D eigenvalue weighted by Crippen LogP contribution is 2.36. The normalized spacial score (nSPS) is 14.2. The van der Waals surface area contributed by atoms with Crippen molar-refractivity contribution in [2.24, 2.45) is 0 Å². The first-order chi connectivity index (χ1) is 15.1. The van der Waals surface area contributed by atoms with E-state index in [0.717, 1.165) is 59.0 Å². The number of hydrogen-bond donors (Lipinski definition) is 0. The minimum absolute atomic E-state index is 0.225. The topological polar surface area (TPSA) is 54.9 Å². The molecule has 0 spiro atoms. The molecule has 0 bridgehead atoms. The van der Waals surface area contributed by atoms with E-state index in [2.05, 4.69) is 17.9 Å². The van der Waals surface area contributed by atoms with Gasteiger partial charge in [-0.05, 0) is 42.8 Å². The number of benzene rings is 2. The molecular weight excluding hydrogens is 430 g/mol. The molecule has 1 saturated heterocycles. The summed E-state index contributed by atoms with van der Waals surface area (Å²) < 4.78 is 11.8. The van der Waals surface area contributed by atoms with Crippen LogP contribution in [0, 0.1) is 6.92 Å². The molecule has 31 heavy (non-hydrogen) atoms. The molecule has 0 unspecified atom stereocenters. The van der Waals surface area contributed by atoms with Gasteiger partial charge in [-0.1, -0.05) is 17.4 Å². The van der Waals surface area contributed by atoms with E-state index in [4.69, 9.17) is 14.5 Å². The fourth-order valence-corrected chi connectivity index (χ4v) is 5.58. The van der Waals surface area contributed by atoms with Crippen LogP contribution in [0.5, 0.6) is 11.5 Å². The fourth-order valence-electron chi connectivity index (χ4n) is 3.63. The Kier molecular flexibility index (Phi) is 6.87. The van der Waals surface area contributed by atoms with Gasteiger partial charge in [-0.3, -0.25) is 4.79 Å². The van der Waals surface area contributed by atoms with Gasteiger partial charge in [0.25, 0.3) is 0 Å². The number of carbonyl (C=O) groups excluding carboxylic acids is 1. The van der Waals surface area contributed by atoms with E-state index in [0.29, 0.717) is 6.42 Å². The molecule has 6 nitrogen and oxygen atoms in total. The van der Waals surface area contributed by atoms with E-state index in [1.54, 1.807) is 37.3 Å². The number of fused-ring (bicyclic) bond motifs is 1. The molecule has 3 aromatic rings. The number of carbonyl (C=O) groups is 1. The van der Waals surface area contributed by atoms with Crippen LogP contribution in [0.2, 0.25) is 0 Å². The standard InChI is InChI=1S/C23H27N3O3S2/c1-16-4-9-19(29-3)21-22(16)31-23(24-21)26-13-11-25(12-14-26)20(27)10-15-30-18-7-5-17(28-2)6-8-18/h4-9H,10-15H2,1-3H3. The van der Waals surface area contributed by atoms with Crippen LogP contribution < -0.4 is 14.4 Å². The van der Waals surface area contributed by atoms with Gasteiger partial charge in [0.1, 0.15) is 17.0 Å². The van der Waals surface area contributed by atoms with Crippen LogP contribution in [0.15, 0.2) is 41.3 Å². The fraction of sp³-hybridized carbons (Fsp3) is 0.391. The number of piperazine rings is 1. The van der Waals surface area contributed by atoms with Crippen molar-refractivity contribution >= 4 is 44.4 Å². The van der Waals surface area contributed by atoms with Gasteiger partial charge in [0.15, 0.2) is 5.13 Å². The van der Waals surface area contributed by atoms with Crippen LogP contribution in [-0.2, 0) is 4.79 Å². The molecule has 1 amide bonds. The first kappa shape index (κ1) is 21.8. The lowest BCUT2D eigenvalue weighted by molar-refractivity contribution is -0.131. The molecule has 2 heterocycles. The highest BCUT2D eigenvalue weighted by atomic mass is 32.2. The average molecular weight is 458 g/mol. The van der Waals surface area contributed by atoms with Gasteiger partial charge in [0, 0.05) is 43.2 Å². The first-order valence-electron chi connectivity index (χ1n) is 10.3. The maximum Gasteiger partial charge on any atom is 0.223 e. The Labute approximate surface area is 191 Å². The Morgan fingerprint density at radius 2 is 1.81 bits per heavy atom. The Morgan fingerprint density at radius 1 is 1.06 bits per heavy atom. The smallest absolute Gasteiger partial charge is 0.223 e. The molecule has 1 fully saturated rings. The number of rotatable bonds is 7. The van der Waals surface area contributed by atoms with Gasteiger partial charge >= 0.3 is 0 Å². The van der Waals surface area contributed by atoms with Crippen LogP contribution in [0.1, 0.15) is 12.0 Å². The molecule has 4 rings (SSSR count). The monoisotopic (exact) mass is 457 g/mol. The Morgan fingerprint density at radius 3 is 2.48 bits per heavy atom. The van der Waals surface area contributed by atoms with E-state index in [-0.39, 0.29) is 5.91 Å². The number of aryl methyl sites for hydroxylation is 1. The summed E-state index contributed by atoms with van der Waals surface area (Å²) in [7, 11) is 3.34. The summed E-state index contributed by atoms with van der Waals surface area (Å²) in [5.41, 5.74) is 2.14. The summed E-state index contributed by atoms with van der Waals surface area (Å²) in [5, 5.41) is 1.00. The number of thioether (sulfide) groups is 1. The molecule has 2 aromatic carbocycles. The molecule has 1 aromatic heterocycles. The number of aromatic nitrogens is 1. The van der Waals surface area contributed by atoms with Crippen molar-refractivity contribution in [3.63, 3.8) is 0 Å². The molecule has 0 aliphatic carbocycles. The lowest BCUT2D eigenvalue weighted by atomic mass is 10.2. The summed E-state index contributed by atoms with van der Waals surface area (Å²) in [6, 6.07) is 12.0. The van der Waals surface area contributed by atoms with E-state index in [1.165, 1.54) is 10.3 Å². The molecule has 164 valence electrons. The Bertz CT molecular complexity index is 1040. The third-order valence-corrected chi connectivity index (χ3v) is 7.72. The zero-order valence-electron chi connectivity index (χ0n) is 18.1. The Balaban J connectivity index is 1.29. The van der Waals surface area contributed by atoms with Crippen LogP contribution in [0.3, 0.4) is 0 Å². The molecule has 0 saturated carbocycles. The molecule has 0 atom stereocenters. The summed E-state index contributed by atoms with van der Waals surface area (Å²) in [6.07, 6.45) is 0.550. The number of amides is 1. The van der Waals surface area contributed by atoms with Crippen LogP contribution in [0.25, 0.3) is 10.2 Å². The number of nitrogens with zero attached hydrogens (tertiary/aromatic N) is 3. The zero-order valence-corrected chi connectivity index (χ0v) is 19.7. The summed E-state index contributed by atoms with van der Waals surface area (Å²) in [5.74, 6) is 2.66. The minimum Gasteiger partial charge on any atom is -0.497 e. The van der Waals surface area contributed by atoms with Crippen LogP contribution in [-0.4, -0.2) is 61.9 Å². The molecule has 0 radical (unpaired) electrons. The second kappa shape index (κ2) is 9.78. The number of ether oxygens (including phenoxy) is 2. The third kappa shape index (κ3) is 4.91. The van der Waals surface area contributed by atoms with Gasteiger partial charge in [0.2, 0.25) is 5.91 Å². The number of anilines is 1. The highest BCUT2D eigenvalue weighted by Gasteiger charge is 2.23. The lowest BCUT2D eigenvalue weighted by Crippen LogP contribution is -2.48.